The van der Waals surface area contributed by atoms with Gasteiger partial charge in [-0.2, -0.15) is 0 Å². The molecule has 2 heterocycles. The Labute approximate surface area is 107 Å². The maximum atomic E-state index is 4.25. The van der Waals surface area contributed by atoms with Crippen molar-refractivity contribution in [2.24, 2.45) is 5.92 Å². The maximum absolute atomic E-state index is 4.25. The summed E-state index contributed by atoms with van der Waals surface area (Å²) in [5.41, 5.74) is 1.13. The minimum absolute atomic E-state index is 0.815. The van der Waals surface area contributed by atoms with E-state index in [1.165, 1.54) is 50.2 Å². The smallest absolute Gasteiger partial charge is 0.134 e. The number of fused-ring (bicyclic) bond motifs is 1. The molecule has 2 fully saturated rings. The normalized spacial score (nSPS) is 29.2. The topological polar surface area (TPSA) is 41.1 Å². The van der Waals surface area contributed by atoms with Crippen LogP contribution in [-0.4, -0.2) is 34.1 Å². The minimum atomic E-state index is 0.815. The number of likely N-dealkylation sites (tertiary alicyclic amines) is 1. The molecule has 5 heteroatoms. The summed E-state index contributed by atoms with van der Waals surface area (Å²) in [5, 5.41) is 8.57. The number of hydrogen-bond acceptors (Lipinski definition) is 5. The molecular weight excluding hydrogens is 232 g/mol. The van der Waals surface area contributed by atoms with Crippen LogP contribution < -0.4 is 5.32 Å². The molecule has 1 saturated heterocycles. The van der Waals surface area contributed by atoms with Gasteiger partial charge in [-0.05, 0) is 31.7 Å². The van der Waals surface area contributed by atoms with Crippen LogP contribution in [0.15, 0.2) is 0 Å². The van der Waals surface area contributed by atoms with Gasteiger partial charge in [0.1, 0.15) is 10.7 Å². The van der Waals surface area contributed by atoms with Gasteiger partial charge in [-0.15, -0.1) is 5.10 Å². The number of anilines is 1. The number of nitrogens with one attached hydrogen (secondary N) is 1. The Morgan fingerprint density at radius 3 is 3.12 bits per heavy atom. The van der Waals surface area contributed by atoms with Gasteiger partial charge in [-0.25, -0.2) is 0 Å². The summed E-state index contributed by atoms with van der Waals surface area (Å²) < 4.78 is 4.04. The van der Waals surface area contributed by atoms with E-state index in [1.54, 1.807) is 0 Å². The van der Waals surface area contributed by atoms with Crippen molar-refractivity contribution in [3.8, 4) is 0 Å². The third-order valence-electron chi connectivity index (χ3n) is 4.26. The monoisotopic (exact) mass is 252 g/mol. The Kier molecular flexibility index (Phi) is 3.29. The molecule has 1 N–H and O–H groups in total. The Hall–Kier alpha value is -0.680. The molecule has 0 aromatic carbocycles. The van der Waals surface area contributed by atoms with Gasteiger partial charge in [0.2, 0.25) is 0 Å². The van der Waals surface area contributed by atoms with E-state index in [2.05, 4.69) is 19.8 Å². The van der Waals surface area contributed by atoms with Crippen LogP contribution in [0.1, 0.15) is 37.8 Å². The fourth-order valence-corrected chi connectivity index (χ4v) is 3.92. The molecule has 0 spiro atoms. The molecule has 3 rings (SSSR count). The highest BCUT2D eigenvalue weighted by atomic mass is 32.1. The van der Waals surface area contributed by atoms with Crippen LogP contribution in [-0.2, 0) is 6.54 Å². The lowest BCUT2D eigenvalue weighted by Crippen LogP contribution is -2.34. The van der Waals surface area contributed by atoms with Crippen molar-refractivity contribution in [1.29, 1.82) is 0 Å². The molecule has 4 nitrogen and oxygen atoms in total. The standard InChI is InChI=1S/C12H20N4S/c1-13-12-10(14-15-17-12)8-16-7-6-9-4-2-3-5-11(9)16/h9,11,13H,2-8H2,1H3. The quantitative estimate of drug-likeness (QED) is 0.896. The number of nitrogens with zero attached hydrogens (tertiary/aromatic N) is 3. The first-order valence-electron chi connectivity index (χ1n) is 6.61. The van der Waals surface area contributed by atoms with E-state index in [0.29, 0.717) is 0 Å². The van der Waals surface area contributed by atoms with Crippen molar-refractivity contribution in [3.63, 3.8) is 0 Å². The molecule has 1 aliphatic heterocycles. The highest BCUT2D eigenvalue weighted by molar-refractivity contribution is 7.10. The van der Waals surface area contributed by atoms with E-state index >= 15 is 0 Å². The molecular formula is C12H20N4S. The number of aromatic nitrogens is 2. The minimum Gasteiger partial charge on any atom is -0.377 e. The zero-order chi connectivity index (χ0) is 11.7. The Morgan fingerprint density at radius 2 is 2.24 bits per heavy atom. The van der Waals surface area contributed by atoms with Crippen molar-refractivity contribution in [2.45, 2.75) is 44.7 Å². The second-order valence-electron chi connectivity index (χ2n) is 5.17. The summed E-state index contributed by atoms with van der Waals surface area (Å²) in [6.45, 7) is 2.23. The summed E-state index contributed by atoms with van der Waals surface area (Å²) in [6.07, 6.45) is 7.06. The average Bonchev–Trinajstić information content (AvgIpc) is 2.97. The van der Waals surface area contributed by atoms with E-state index < -0.39 is 0 Å². The second kappa shape index (κ2) is 4.90. The van der Waals surface area contributed by atoms with Crippen LogP contribution in [0.25, 0.3) is 0 Å². The molecule has 94 valence electrons. The highest BCUT2D eigenvalue weighted by Gasteiger charge is 2.35. The van der Waals surface area contributed by atoms with Crippen molar-refractivity contribution in [2.75, 3.05) is 18.9 Å². The van der Waals surface area contributed by atoms with E-state index in [9.17, 15) is 0 Å². The van der Waals surface area contributed by atoms with Crippen molar-refractivity contribution in [1.82, 2.24) is 14.5 Å². The van der Waals surface area contributed by atoms with Crippen molar-refractivity contribution >= 4 is 16.5 Å². The van der Waals surface area contributed by atoms with Gasteiger partial charge < -0.3 is 5.32 Å². The molecule has 1 aliphatic carbocycles. The molecule has 2 atom stereocenters. The van der Waals surface area contributed by atoms with Gasteiger partial charge >= 0.3 is 0 Å². The lowest BCUT2D eigenvalue weighted by molar-refractivity contribution is 0.174. The molecule has 1 saturated carbocycles. The SMILES string of the molecule is CNc1snnc1CN1CCC2CCCCC21. The van der Waals surface area contributed by atoms with Gasteiger partial charge in [0, 0.05) is 31.2 Å². The largest absolute Gasteiger partial charge is 0.377 e. The van der Waals surface area contributed by atoms with Gasteiger partial charge in [-0.1, -0.05) is 17.3 Å². The fourth-order valence-electron chi connectivity index (χ4n) is 3.39. The molecule has 17 heavy (non-hydrogen) atoms. The summed E-state index contributed by atoms with van der Waals surface area (Å²) in [7, 11) is 1.95. The summed E-state index contributed by atoms with van der Waals surface area (Å²) in [5.74, 6) is 0.952. The zero-order valence-electron chi connectivity index (χ0n) is 10.4. The van der Waals surface area contributed by atoms with Gasteiger partial charge in [0.25, 0.3) is 0 Å². The van der Waals surface area contributed by atoms with Crippen molar-refractivity contribution < 1.29 is 0 Å². The van der Waals surface area contributed by atoms with Crippen LogP contribution in [0.3, 0.4) is 0 Å². The molecule has 0 radical (unpaired) electrons. The molecule has 0 bridgehead atoms. The van der Waals surface area contributed by atoms with Gasteiger partial charge in [-0.3, -0.25) is 4.90 Å². The highest BCUT2D eigenvalue weighted by Crippen LogP contribution is 2.37. The van der Waals surface area contributed by atoms with Crippen LogP contribution in [0.4, 0.5) is 5.00 Å². The van der Waals surface area contributed by atoms with Gasteiger partial charge in [0.15, 0.2) is 0 Å². The lowest BCUT2D eigenvalue weighted by Gasteiger charge is -2.31. The first-order valence-corrected chi connectivity index (χ1v) is 7.39. The molecule has 2 aliphatic rings. The van der Waals surface area contributed by atoms with E-state index in [1.807, 2.05) is 7.05 Å². The summed E-state index contributed by atoms with van der Waals surface area (Å²) in [4.78, 5) is 2.63. The van der Waals surface area contributed by atoms with Gasteiger partial charge in [0.05, 0.1) is 0 Å². The van der Waals surface area contributed by atoms with E-state index in [0.717, 1.165) is 29.2 Å². The van der Waals surface area contributed by atoms with E-state index in [4.69, 9.17) is 0 Å². The van der Waals surface area contributed by atoms with Crippen LogP contribution in [0.2, 0.25) is 0 Å². The van der Waals surface area contributed by atoms with Crippen molar-refractivity contribution in [3.05, 3.63) is 5.69 Å². The summed E-state index contributed by atoms with van der Waals surface area (Å²) >= 11 is 1.46. The Balaban J connectivity index is 1.69. The van der Waals surface area contributed by atoms with Crippen LogP contribution in [0, 0.1) is 5.92 Å². The molecule has 2 unspecified atom stereocenters. The molecule has 1 aromatic rings. The zero-order valence-corrected chi connectivity index (χ0v) is 11.2. The number of hydrogen-bond donors (Lipinski definition) is 1. The Morgan fingerprint density at radius 1 is 1.35 bits per heavy atom. The maximum Gasteiger partial charge on any atom is 0.134 e. The van der Waals surface area contributed by atoms with Crippen LogP contribution in [0.5, 0.6) is 0 Å². The average molecular weight is 252 g/mol. The van der Waals surface area contributed by atoms with Crippen LogP contribution >= 0.6 is 11.5 Å². The first kappa shape index (κ1) is 11.4. The van der Waals surface area contributed by atoms with E-state index in [-0.39, 0.29) is 0 Å². The summed E-state index contributed by atoms with van der Waals surface area (Å²) in [6, 6.07) is 0.815. The molecule has 0 amide bonds. The third kappa shape index (κ3) is 2.18. The number of rotatable bonds is 3. The third-order valence-corrected chi connectivity index (χ3v) is 5.05. The lowest BCUT2D eigenvalue weighted by atomic mass is 9.85. The predicted molar refractivity (Wildman–Crippen MR) is 70.2 cm³/mol. The Bertz CT molecular complexity index is 378. The fraction of sp³-hybridized carbons (Fsp3) is 0.833. The molecule has 1 aromatic heterocycles. The second-order valence-corrected chi connectivity index (χ2v) is 5.92. The predicted octanol–water partition coefficient (Wildman–Crippen LogP) is 2.34. The first-order chi connectivity index (χ1) is 8.38.